The summed E-state index contributed by atoms with van der Waals surface area (Å²) in [6, 6.07) is 10.4. The van der Waals surface area contributed by atoms with E-state index < -0.39 is 12.0 Å². The van der Waals surface area contributed by atoms with Crippen molar-refractivity contribution in [2.24, 2.45) is 4.99 Å². The molecule has 2 aromatic rings. The molecular weight excluding hydrogens is 482 g/mol. The predicted molar refractivity (Wildman–Crippen MR) is 141 cm³/mol. The van der Waals surface area contributed by atoms with Gasteiger partial charge >= 0.3 is 5.97 Å². The van der Waals surface area contributed by atoms with Gasteiger partial charge in [-0.1, -0.05) is 23.9 Å². The summed E-state index contributed by atoms with van der Waals surface area (Å²) in [6.45, 7) is 5.71. The van der Waals surface area contributed by atoms with Crippen LogP contribution in [-0.4, -0.2) is 50.7 Å². The average molecular weight is 514 g/mol. The molecule has 9 nitrogen and oxygen atoms in total. The van der Waals surface area contributed by atoms with Crippen LogP contribution in [0.15, 0.2) is 52.7 Å². The Labute approximate surface area is 215 Å². The highest BCUT2D eigenvalue weighted by molar-refractivity contribution is 8.14. The van der Waals surface area contributed by atoms with Crippen LogP contribution in [0.5, 0.6) is 17.2 Å². The number of methoxy groups -OCH3 is 3. The van der Waals surface area contributed by atoms with E-state index in [0.717, 1.165) is 11.3 Å². The van der Waals surface area contributed by atoms with Gasteiger partial charge in [0, 0.05) is 11.4 Å². The first-order chi connectivity index (χ1) is 17.3. The molecule has 0 bridgehead atoms. The van der Waals surface area contributed by atoms with Gasteiger partial charge in [-0.25, -0.2) is 9.79 Å². The molecule has 1 aliphatic rings. The van der Waals surface area contributed by atoms with Crippen LogP contribution in [0, 0.1) is 6.92 Å². The van der Waals surface area contributed by atoms with Crippen molar-refractivity contribution in [2.75, 3.05) is 39.0 Å². The lowest BCUT2D eigenvalue weighted by atomic mass is 9.96. The fourth-order valence-electron chi connectivity index (χ4n) is 3.75. The van der Waals surface area contributed by atoms with Crippen LogP contribution in [0.2, 0.25) is 0 Å². The number of ether oxygens (including phenoxy) is 4. The van der Waals surface area contributed by atoms with Crippen molar-refractivity contribution in [1.29, 1.82) is 0 Å². The summed E-state index contributed by atoms with van der Waals surface area (Å²) < 4.78 is 21.7. The Hall–Kier alpha value is -3.66. The number of carbonyl (C=O) groups is 2. The molecule has 0 saturated heterocycles. The summed E-state index contributed by atoms with van der Waals surface area (Å²) in [7, 11) is 4.57. The molecular formula is C26H31N3O6S. The van der Waals surface area contributed by atoms with E-state index in [0.29, 0.717) is 39.2 Å². The van der Waals surface area contributed by atoms with E-state index in [1.165, 1.54) is 33.1 Å². The van der Waals surface area contributed by atoms with Crippen LogP contribution in [0.4, 0.5) is 5.69 Å². The topological polar surface area (TPSA) is 107 Å². The zero-order valence-electron chi connectivity index (χ0n) is 21.3. The number of anilines is 1. The van der Waals surface area contributed by atoms with Gasteiger partial charge in [-0.3, -0.25) is 4.79 Å². The third kappa shape index (κ3) is 6.31. The molecule has 2 N–H and O–H groups in total. The number of nitrogens with zero attached hydrogens (tertiary/aromatic N) is 1. The summed E-state index contributed by atoms with van der Waals surface area (Å²) in [5.41, 5.74) is 3.38. The maximum absolute atomic E-state index is 12.9. The van der Waals surface area contributed by atoms with Crippen LogP contribution < -0.4 is 24.8 Å². The molecule has 1 heterocycles. The van der Waals surface area contributed by atoms with Crippen molar-refractivity contribution in [3.8, 4) is 17.2 Å². The SMILES string of the molecule is CCOC(=O)C1=C(C)NC(SCC(=O)Nc2cccc(C)c2)=N[C@@H]1c1cc(OC)c(OC)c(OC)c1. The number of thioether (sulfide) groups is 1. The van der Waals surface area contributed by atoms with Crippen LogP contribution in [0.25, 0.3) is 0 Å². The second-order valence-corrected chi connectivity index (χ2v) is 8.85. The monoisotopic (exact) mass is 513 g/mol. The molecule has 36 heavy (non-hydrogen) atoms. The first kappa shape index (κ1) is 26.9. The van der Waals surface area contributed by atoms with Crippen molar-refractivity contribution < 1.29 is 28.5 Å². The van der Waals surface area contributed by atoms with E-state index in [2.05, 4.69) is 10.6 Å². The zero-order chi connectivity index (χ0) is 26.2. The first-order valence-corrected chi connectivity index (χ1v) is 12.3. The summed E-state index contributed by atoms with van der Waals surface area (Å²) in [5.74, 6) is 0.788. The Morgan fingerprint density at radius 2 is 1.75 bits per heavy atom. The van der Waals surface area contributed by atoms with Gasteiger partial charge in [0.2, 0.25) is 11.7 Å². The second kappa shape index (κ2) is 12.3. The number of nitrogens with one attached hydrogen (secondary N) is 2. The molecule has 0 saturated carbocycles. The quantitative estimate of drug-likeness (QED) is 0.480. The van der Waals surface area contributed by atoms with Gasteiger partial charge < -0.3 is 29.6 Å². The smallest absolute Gasteiger partial charge is 0.338 e. The summed E-state index contributed by atoms with van der Waals surface area (Å²) in [6.07, 6.45) is 0. The maximum atomic E-state index is 12.9. The van der Waals surface area contributed by atoms with Crippen LogP contribution in [-0.2, 0) is 14.3 Å². The molecule has 10 heteroatoms. The second-order valence-electron chi connectivity index (χ2n) is 7.89. The van der Waals surface area contributed by atoms with Gasteiger partial charge in [-0.05, 0) is 56.2 Å². The van der Waals surface area contributed by atoms with Crippen molar-refractivity contribution in [1.82, 2.24) is 5.32 Å². The molecule has 3 rings (SSSR count). The van der Waals surface area contributed by atoms with Crippen LogP contribution in [0.3, 0.4) is 0 Å². The minimum Gasteiger partial charge on any atom is -0.493 e. The lowest BCUT2D eigenvalue weighted by molar-refractivity contribution is -0.139. The highest BCUT2D eigenvalue weighted by Gasteiger charge is 2.32. The zero-order valence-corrected chi connectivity index (χ0v) is 22.1. The van der Waals surface area contributed by atoms with E-state index in [4.69, 9.17) is 23.9 Å². The van der Waals surface area contributed by atoms with Gasteiger partial charge in [-0.15, -0.1) is 0 Å². The molecule has 0 unspecified atom stereocenters. The highest BCUT2D eigenvalue weighted by Crippen LogP contribution is 2.43. The van der Waals surface area contributed by atoms with Crippen molar-refractivity contribution in [3.63, 3.8) is 0 Å². The lowest BCUT2D eigenvalue weighted by Crippen LogP contribution is -2.31. The van der Waals surface area contributed by atoms with Crippen LogP contribution in [0.1, 0.15) is 31.0 Å². The van der Waals surface area contributed by atoms with E-state index in [1.807, 2.05) is 31.2 Å². The molecule has 0 aromatic heterocycles. The Morgan fingerprint density at radius 3 is 2.33 bits per heavy atom. The molecule has 2 aromatic carbocycles. The summed E-state index contributed by atoms with van der Waals surface area (Å²) in [4.78, 5) is 30.2. The van der Waals surface area contributed by atoms with E-state index >= 15 is 0 Å². The van der Waals surface area contributed by atoms with E-state index in [9.17, 15) is 9.59 Å². The number of aryl methyl sites for hydroxylation is 1. The Bertz CT molecular complexity index is 1170. The molecule has 0 spiro atoms. The summed E-state index contributed by atoms with van der Waals surface area (Å²) >= 11 is 1.24. The number of carbonyl (C=O) groups excluding carboxylic acids is 2. The number of hydrogen-bond donors (Lipinski definition) is 2. The minimum absolute atomic E-state index is 0.129. The number of hydrogen-bond acceptors (Lipinski definition) is 9. The molecule has 1 amide bonds. The maximum Gasteiger partial charge on any atom is 0.338 e. The number of esters is 1. The predicted octanol–water partition coefficient (Wildman–Crippen LogP) is 4.23. The number of benzene rings is 2. The fourth-order valence-corrected chi connectivity index (χ4v) is 4.49. The minimum atomic E-state index is -0.707. The third-order valence-electron chi connectivity index (χ3n) is 5.36. The normalized spacial score (nSPS) is 14.9. The molecule has 0 fully saturated rings. The molecule has 192 valence electrons. The van der Waals surface area contributed by atoms with Gasteiger partial charge in [0.05, 0.1) is 39.3 Å². The molecule has 1 atom stereocenters. The fraction of sp³-hybridized carbons (Fsp3) is 0.346. The molecule has 0 radical (unpaired) electrons. The number of rotatable bonds is 9. The lowest BCUT2D eigenvalue weighted by Gasteiger charge is -2.26. The Kier molecular flexibility index (Phi) is 9.24. The number of amidine groups is 1. The van der Waals surface area contributed by atoms with E-state index in [1.54, 1.807) is 26.0 Å². The molecule has 1 aliphatic heterocycles. The van der Waals surface area contributed by atoms with Gasteiger partial charge in [0.15, 0.2) is 16.7 Å². The highest BCUT2D eigenvalue weighted by atomic mass is 32.2. The van der Waals surface area contributed by atoms with Gasteiger partial charge in [-0.2, -0.15) is 0 Å². The first-order valence-electron chi connectivity index (χ1n) is 11.3. The number of aliphatic imine (C=N–C) groups is 1. The number of amides is 1. The number of allylic oxidation sites excluding steroid dienone is 1. The van der Waals surface area contributed by atoms with Gasteiger partial charge in [0.1, 0.15) is 6.04 Å². The molecule has 0 aliphatic carbocycles. The average Bonchev–Trinajstić information content (AvgIpc) is 2.86. The largest absolute Gasteiger partial charge is 0.493 e. The standard InChI is InChI=1S/C26H31N3O6S/c1-7-35-25(31)22-16(3)27-26(36-14-21(30)28-18-10-8-9-15(2)11-18)29-23(22)17-12-19(32-4)24(34-6)20(13-17)33-5/h8-13,23H,7,14H2,1-6H3,(H,27,29)(H,28,30)/t23-/m1/s1. The Balaban J connectivity index is 1.91. The third-order valence-corrected chi connectivity index (χ3v) is 6.25. The van der Waals surface area contributed by atoms with E-state index in [-0.39, 0.29) is 18.3 Å². The van der Waals surface area contributed by atoms with Crippen molar-refractivity contribution in [3.05, 3.63) is 58.8 Å². The summed E-state index contributed by atoms with van der Waals surface area (Å²) in [5, 5.41) is 6.52. The van der Waals surface area contributed by atoms with Crippen molar-refractivity contribution >= 4 is 34.5 Å². The Morgan fingerprint density at radius 1 is 1.06 bits per heavy atom. The van der Waals surface area contributed by atoms with Crippen LogP contribution >= 0.6 is 11.8 Å². The van der Waals surface area contributed by atoms with Crippen molar-refractivity contribution in [2.45, 2.75) is 26.8 Å². The van der Waals surface area contributed by atoms with Gasteiger partial charge in [0.25, 0.3) is 0 Å².